The van der Waals surface area contributed by atoms with Crippen molar-refractivity contribution in [3.05, 3.63) is 53.8 Å². The van der Waals surface area contributed by atoms with E-state index in [0.29, 0.717) is 6.54 Å². The molecule has 3 aromatic rings. The number of fused-ring (bicyclic) bond motifs is 1. The third-order valence-corrected chi connectivity index (χ3v) is 7.34. The molecule has 1 saturated heterocycles. The number of hydrogen-bond donors (Lipinski definition) is 0. The highest BCUT2D eigenvalue weighted by molar-refractivity contribution is 8.00. The van der Waals surface area contributed by atoms with Gasteiger partial charge in [0.2, 0.25) is 5.91 Å². The number of morpholine rings is 1. The van der Waals surface area contributed by atoms with Crippen LogP contribution in [0.2, 0.25) is 0 Å². The number of thiazole rings is 1. The van der Waals surface area contributed by atoms with E-state index in [-0.39, 0.29) is 29.9 Å². The monoisotopic (exact) mass is 495 g/mol. The van der Waals surface area contributed by atoms with Crippen molar-refractivity contribution in [2.75, 3.05) is 50.0 Å². The molecule has 0 radical (unpaired) electrons. The number of aromatic nitrogens is 1. The Hall–Kier alpha value is -1.71. The Bertz CT molecular complexity index is 1030. The number of hydrogen-bond acceptors (Lipinski definition) is 6. The number of amides is 1. The summed E-state index contributed by atoms with van der Waals surface area (Å²) in [7, 11) is 0. The van der Waals surface area contributed by atoms with Crippen LogP contribution < -0.4 is 4.90 Å². The Kier molecular flexibility index (Phi) is 9.31. The molecule has 9 heteroatoms. The molecule has 0 bridgehead atoms. The zero-order chi connectivity index (χ0) is 21.6. The van der Waals surface area contributed by atoms with Crippen LogP contribution >= 0.6 is 35.5 Å². The Morgan fingerprint density at radius 1 is 1.22 bits per heavy atom. The first-order valence-electron chi connectivity index (χ1n) is 10.5. The molecule has 32 heavy (non-hydrogen) atoms. The largest absolute Gasteiger partial charge is 0.379 e. The molecule has 1 amide bonds. The van der Waals surface area contributed by atoms with Gasteiger partial charge in [0.1, 0.15) is 5.82 Å². The number of rotatable bonds is 8. The van der Waals surface area contributed by atoms with E-state index in [4.69, 9.17) is 9.72 Å². The van der Waals surface area contributed by atoms with Gasteiger partial charge in [-0.1, -0.05) is 24.3 Å². The average molecular weight is 496 g/mol. The van der Waals surface area contributed by atoms with Gasteiger partial charge in [-0.05, 0) is 48.4 Å². The number of carbonyl (C=O) groups excluding carboxylic acids is 1. The lowest BCUT2D eigenvalue weighted by Crippen LogP contribution is -2.43. The second kappa shape index (κ2) is 12.0. The number of thioether (sulfide) groups is 1. The molecule has 0 unspecified atom stereocenters. The maximum atomic E-state index is 13.2. The smallest absolute Gasteiger partial charge is 0.239 e. The molecule has 0 aliphatic carbocycles. The van der Waals surface area contributed by atoms with Gasteiger partial charge in [0, 0.05) is 31.1 Å². The molecule has 1 fully saturated rings. The maximum absolute atomic E-state index is 13.2. The van der Waals surface area contributed by atoms with Crippen molar-refractivity contribution in [3.8, 4) is 0 Å². The van der Waals surface area contributed by atoms with Gasteiger partial charge in [0.05, 0.1) is 29.2 Å². The molecule has 2 aromatic carbocycles. The second-order valence-corrected chi connectivity index (χ2v) is 9.45. The quantitative estimate of drug-likeness (QED) is 0.417. The number of halogens is 2. The van der Waals surface area contributed by atoms with Crippen molar-refractivity contribution >= 4 is 56.8 Å². The van der Waals surface area contributed by atoms with Gasteiger partial charge in [-0.2, -0.15) is 0 Å². The van der Waals surface area contributed by atoms with E-state index in [1.54, 1.807) is 23.5 Å². The van der Waals surface area contributed by atoms with E-state index in [1.807, 2.05) is 11.0 Å². The number of nitrogens with zero attached hydrogens (tertiary/aromatic N) is 3. The van der Waals surface area contributed by atoms with Crippen molar-refractivity contribution in [2.45, 2.75) is 18.2 Å². The first kappa shape index (κ1) is 24.9. The van der Waals surface area contributed by atoms with Gasteiger partial charge in [-0.15, -0.1) is 24.2 Å². The van der Waals surface area contributed by atoms with Crippen LogP contribution in [0.3, 0.4) is 0 Å². The lowest BCUT2D eigenvalue weighted by atomic mass is 10.2. The van der Waals surface area contributed by atoms with Crippen molar-refractivity contribution in [1.29, 1.82) is 0 Å². The fourth-order valence-electron chi connectivity index (χ4n) is 3.44. The molecular formula is C23H27ClFN3O2S2. The second-order valence-electron chi connectivity index (χ2n) is 7.39. The van der Waals surface area contributed by atoms with E-state index in [2.05, 4.69) is 24.0 Å². The summed E-state index contributed by atoms with van der Waals surface area (Å²) in [5.41, 5.74) is 2.19. The van der Waals surface area contributed by atoms with Crippen LogP contribution in [0.1, 0.15) is 12.5 Å². The zero-order valence-electron chi connectivity index (χ0n) is 18.0. The van der Waals surface area contributed by atoms with Gasteiger partial charge in [0.25, 0.3) is 0 Å². The minimum atomic E-state index is -0.274. The summed E-state index contributed by atoms with van der Waals surface area (Å²) < 4.78 is 19.7. The summed E-state index contributed by atoms with van der Waals surface area (Å²) in [6.07, 6.45) is 0.969. The molecule has 1 aliphatic heterocycles. The first-order valence-corrected chi connectivity index (χ1v) is 12.3. The first-order chi connectivity index (χ1) is 15.1. The molecule has 5 nitrogen and oxygen atoms in total. The molecule has 1 aromatic heterocycles. The van der Waals surface area contributed by atoms with Crippen LogP contribution in [0.5, 0.6) is 0 Å². The number of benzene rings is 2. The summed E-state index contributed by atoms with van der Waals surface area (Å²) in [6, 6.07) is 12.5. The SMILES string of the molecule is CCc1ccc2nc(N(CCN3CCOCC3)C(=O)CSc3ccc(F)cc3)sc2c1.Cl. The summed E-state index contributed by atoms with van der Waals surface area (Å²) >= 11 is 2.99. The van der Waals surface area contributed by atoms with Crippen LogP contribution in [0.4, 0.5) is 9.52 Å². The summed E-state index contributed by atoms with van der Waals surface area (Å²) in [6.45, 7) is 6.73. The lowest BCUT2D eigenvalue weighted by Gasteiger charge is -2.29. The Balaban J connectivity index is 0.00000289. The van der Waals surface area contributed by atoms with Crippen LogP contribution in [0.25, 0.3) is 10.2 Å². The Morgan fingerprint density at radius 3 is 2.69 bits per heavy atom. The van der Waals surface area contributed by atoms with E-state index in [0.717, 1.165) is 59.5 Å². The molecule has 0 N–H and O–H groups in total. The van der Waals surface area contributed by atoms with Crippen LogP contribution in [0, 0.1) is 5.82 Å². The minimum absolute atomic E-state index is 0. The summed E-state index contributed by atoms with van der Waals surface area (Å²) in [5, 5.41) is 0.737. The lowest BCUT2D eigenvalue weighted by molar-refractivity contribution is -0.116. The summed E-state index contributed by atoms with van der Waals surface area (Å²) in [5.74, 6) is 0.0197. The molecule has 4 rings (SSSR count). The van der Waals surface area contributed by atoms with Crippen molar-refractivity contribution in [1.82, 2.24) is 9.88 Å². The van der Waals surface area contributed by atoms with Crippen molar-refractivity contribution in [3.63, 3.8) is 0 Å². The maximum Gasteiger partial charge on any atom is 0.239 e. The standard InChI is InChI=1S/C23H26FN3O2S2.ClH/c1-2-17-3-8-20-21(15-17)31-23(25-20)27(10-9-26-11-13-29-14-12-26)22(28)16-30-19-6-4-18(24)5-7-19;/h3-8,15H,2,9-14,16H2,1H3;1H. The Labute approximate surface area is 202 Å². The predicted octanol–water partition coefficient (Wildman–Crippen LogP) is 4.88. The molecule has 172 valence electrons. The van der Waals surface area contributed by atoms with Crippen molar-refractivity contribution in [2.24, 2.45) is 0 Å². The highest BCUT2D eigenvalue weighted by atomic mass is 35.5. The number of aryl methyl sites for hydroxylation is 1. The number of ether oxygens (including phenoxy) is 1. The van der Waals surface area contributed by atoms with Gasteiger partial charge in [-0.25, -0.2) is 9.37 Å². The molecule has 0 spiro atoms. The molecule has 1 aliphatic rings. The van der Waals surface area contributed by atoms with Gasteiger partial charge in [0.15, 0.2) is 5.13 Å². The Morgan fingerprint density at radius 2 is 1.97 bits per heavy atom. The normalized spacial score (nSPS) is 14.3. The molecule has 0 saturated carbocycles. The van der Waals surface area contributed by atoms with Gasteiger partial charge < -0.3 is 4.74 Å². The third-order valence-electron chi connectivity index (χ3n) is 5.30. The fourth-order valence-corrected chi connectivity index (χ4v) is 5.29. The topological polar surface area (TPSA) is 45.7 Å². The minimum Gasteiger partial charge on any atom is -0.379 e. The van der Waals surface area contributed by atoms with Crippen LogP contribution in [-0.4, -0.2) is 60.9 Å². The van der Waals surface area contributed by atoms with Crippen LogP contribution in [0.15, 0.2) is 47.4 Å². The van der Waals surface area contributed by atoms with Crippen molar-refractivity contribution < 1.29 is 13.9 Å². The number of anilines is 1. The zero-order valence-corrected chi connectivity index (χ0v) is 20.4. The van der Waals surface area contributed by atoms with E-state index >= 15 is 0 Å². The predicted molar refractivity (Wildman–Crippen MR) is 133 cm³/mol. The van der Waals surface area contributed by atoms with Gasteiger partial charge in [-0.3, -0.25) is 14.6 Å². The third kappa shape index (κ3) is 6.42. The number of carbonyl (C=O) groups is 1. The fraction of sp³-hybridized carbons (Fsp3) is 0.391. The van der Waals surface area contributed by atoms with E-state index < -0.39 is 0 Å². The molecular weight excluding hydrogens is 469 g/mol. The highest BCUT2D eigenvalue weighted by Crippen LogP contribution is 2.30. The molecule has 0 atom stereocenters. The van der Waals surface area contributed by atoms with E-state index in [9.17, 15) is 9.18 Å². The van der Waals surface area contributed by atoms with E-state index in [1.165, 1.54) is 29.5 Å². The average Bonchev–Trinajstić information content (AvgIpc) is 3.22. The summed E-state index contributed by atoms with van der Waals surface area (Å²) in [4.78, 5) is 23.0. The highest BCUT2D eigenvalue weighted by Gasteiger charge is 2.22. The molecule has 2 heterocycles. The van der Waals surface area contributed by atoms with Crippen LogP contribution in [-0.2, 0) is 16.0 Å². The van der Waals surface area contributed by atoms with Gasteiger partial charge >= 0.3 is 0 Å².